The van der Waals surface area contributed by atoms with Crippen LogP contribution in [0.2, 0.25) is 0 Å². The van der Waals surface area contributed by atoms with Crippen molar-refractivity contribution in [1.82, 2.24) is 34.9 Å². The molecule has 2 fully saturated rings. The zero-order valence-corrected chi connectivity index (χ0v) is 22.2. The highest BCUT2D eigenvalue weighted by Gasteiger charge is 2.25. The summed E-state index contributed by atoms with van der Waals surface area (Å²) in [6.07, 6.45) is 7.34. The van der Waals surface area contributed by atoms with Crippen LogP contribution in [-0.4, -0.2) is 75.8 Å². The summed E-state index contributed by atoms with van der Waals surface area (Å²) >= 11 is 0. The van der Waals surface area contributed by atoms with Gasteiger partial charge in [-0.2, -0.15) is 5.10 Å². The smallest absolute Gasteiger partial charge is 0.274 e. The predicted molar refractivity (Wildman–Crippen MR) is 149 cm³/mol. The largest absolute Gasteiger partial charge is 0.368 e. The number of halogens is 1. The molecule has 3 aromatic heterocycles. The summed E-state index contributed by atoms with van der Waals surface area (Å²) in [6.45, 7) is 3.77. The lowest BCUT2D eigenvalue weighted by Crippen LogP contribution is -2.43. The summed E-state index contributed by atoms with van der Waals surface area (Å²) in [5, 5.41) is 11.9. The fourth-order valence-electron chi connectivity index (χ4n) is 5.40. The molecule has 11 heteroatoms. The molecule has 10 nitrogen and oxygen atoms in total. The lowest BCUT2D eigenvalue weighted by Gasteiger charge is -2.29. The second-order valence-electron chi connectivity index (χ2n) is 10.3. The standard InChI is InChI=1S/C28H32FN9O/c1-36(2)27(39)26-21-15-18(7-9-23(21)38(35-26)19-5-3-4-6-19)25-22(29)17-32-28(34-25)33-24-10-8-20(16-31-24)37-13-11-30-12-14-37/h7-10,15-17,19,30H,3-6,11-14H2,1-2H3,(H,31,32,33,34). The Bertz CT molecular complexity index is 1490. The average molecular weight is 530 g/mol. The molecular formula is C28H32FN9O. The van der Waals surface area contributed by atoms with Gasteiger partial charge in [-0.15, -0.1) is 0 Å². The van der Waals surface area contributed by atoms with Crippen LogP contribution in [0.4, 0.5) is 21.8 Å². The number of pyridine rings is 1. The minimum atomic E-state index is -0.550. The van der Waals surface area contributed by atoms with Crippen LogP contribution < -0.4 is 15.5 Å². The van der Waals surface area contributed by atoms with E-state index in [2.05, 4.69) is 30.5 Å². The Morgan fingerprint density at radius 1 is 1.08 bits per heavy atom. The lowest BCUT2D eigenvalue weighted by atomic mass is 10.1. The SMILES string of the molecule is CN(C)C(=O)c1nn(C2CCCC2)c2ccc(-c3nc(Nc4ccc(N5CCNCC5)cn4)ncc3F)cc12. The Morgan fingerprint density at radius 3 is 2.59 bits per heavy atom. The molecule has 1 aromatic carbocycles. The summed E-state index contributed by atoms with van der Waals surface area (Å²) in [5.74, 6) is 0.0686. The zero-order valence-electron chi connectivity index (χ0n) is 22.2. The third-order valence-corrected chi connectivity index (χ3v) is 7.47. The molecule has 0 radical (unpaired) electrons. The maximum Gasteiger partial charge on any atom is 0.274 e. The van der Waals surface area contributed by atoms with Crippen molar-refractivity contribution in [1.29, 1.82) is 0 Å². The molecule has 1 saturated heterocycles. The number of benzene rings is 1. The summed E-state index contributed by atoms with van der Waals surface area (Å²) < 4.78 is 17.0. The minimum absolute atomic E-state index is 0.142. The number of carbonyl (C=O) groups is 1. The van der Waals surface area contributed by atoms with Crippen LogP contribution in [0.25, 0.3) is 22.2 Å². The number of nitrogens with zero attached hydrogens (tertiary/aromatic N) is 7. The normalized spacial score (nSPS) is 16.1. The Labute approximate surface area is 226 Å². The molecule has 0 unspecified atom stereocenters. The molecule has 2 N–H and O–H groups in total. The molecule has 1 aliphatic carbocycles. The number of piperazine rings is 1. The van der Waals surface area contributed by atoms with Crippen LogP contribution >= 0.6 is 0 Å². The third kappa shape index (κ3) is 5.01. The van der Waals surface area contributed by atoms with Gasteiger partial charge >= 0.3 is 0 Å². The molecule has 1 saturated carbocycles. The van der Waals surface area contributed by atoms with Crippen LogP contribution in [0.5, 0.6) is 0 Å². The lowest BCUT2D eigenvalue weighted by molar-refractivity contribution is 0.0822. The molecule has 6 rings (SSSR count). The first-order valence-corrected chi connectivity index (χ1v) is 13.4. The van der Waals surface area contributed by atoms with E-state index in [1.165, 1.54) is 4.90 Å². The van der Waals surface area contributed by atoms with E-state index in [0.29, 0.717) is 22.5 Å². The van der Waals surface area contributed by atoms with Gasteiger partial charge in [0.25, 0.3) is 5.91 Å². The molecule has 0 bridgehead atoms. The number of aromatic nitrogens is 5. The molecule has 4 aromatic rings. The highest BCUT2D eigenvalue weighted by Crippen LogP contribution is 2.35. The zero-order chi connectivity index (χ0) is 26.9. The van der Waals surface area contributed by atoms with Gasteiger partial charge in [0.2, 0.25) is 5.95 Å². The first kappa shape index (κ1) is 25.2. The number of hydrogen-bond acceptors (Lipinski definition) is 8. The summed E-state index contributed by atoms with van der Waals surface area (Å²) in [5.41, 5.74) is 2.98. The Hall–Kier alpha value is -4.12. The Morgan fingerprint density at radius 2 is 1.87 bits per heavy atom. The topological polar surface area (TPSA) is 104 Å². The van der Waals surface area contributed by atoms with Crippen molar-refractivity contribution >= 4 is 34.3 Å². The molecule has 0 spiro atoms. The number of nitrogens with one attached hydrogen (secondary N) is 2. The van der Waals surface area contributed by atoms with E-state index in [1.54, 1.807) is 20.2 Å². The van der Waals surface area contributed by atoms with Gasteiger partial charge in [0.15, 0.2) is 11.5 Å². The van der Waals surface area contributed by atoms with Crippen molar-refractivity contribution in [2.75, 3.05) is 50.5 Å². The summed E-state index contributed by atoms with van der Waals surface area (Å²) in [7, 11) is 3.41. The molecule has 2 aliphatic rings. The monoisotopic (exact) mass is 529 g/mol. The van der Waals surface area contributed by atoms with Crippen LogP contribution in [0.1, 0.15) is 42.2 Å². The molecule has 1 amide bonds. The fraction of sp³-hybridized carbons (Fsp3) is 0.393. The fourth-order valence-corrected chi connectivity index (χ4v) is 5.40. The van der Waals surface area contributed by atoms with Crippen LogP contribution in [0.3, 0.4) is 0 Å². The molecule has 0 atom stereocenters. The number of carbonyl (C=O) groups excluding carboxylic acids is 1. The predicted octanol–water partition coefficient (Wildman–Crippen LogP) is 4.00. The van der Waals surface area contributed by atoms with Gasteiger partial charge in [-0.25, -0.2) is 19.3 Å². The quantitative estimate of drug-likeness (QED) is 0.386. The number of amides is 1. The van der Waals surface area contributed by atoms with Crippen molar-refractivity contribution < 1.29 is 9.18 Å². The second kappa shape index (κ2) is 10.6. The van der Waals surface area contributed by atoms with E-state index >= 15 is 4.39 Å². The maximum absolute atomic E-state index is 15.0. The molecule has 39 heavy (non-hydrogen) atoms. The first-order valence-electron chi connectivity index (χ1n) is 13.4. The number of fused-ring (bicyclic) bond motifs is 1. The van der Waals surface area contributed by atoms with Crippen LogP contribution in [-0.2, 0) is 0 Å². The van der Waals surface area contributed by atoms with Crippen molar-refractivity contribution in [3.8, 4) is 11.3 Å². The van der Waals surface area contributed by atoms with E-state index < -0.39 is 5.82 Å². The van der Waals surface area contributed by atoms with Gasteiger partial charge in [-0.05, 0) is 37.1 Å². The van der Waals surface area contributed by atoms with Crippen molar-refractivity contribution in [2.24, 2.45) is 0 Å². The average Bonchev–Trinajstić information content (AvgIpc) is 3.62. The third-order valence-electron chi connectivity index (χ3n) is 7.47. The highest BCUT2D eigenvalue weighted by atomic mass is 19.1. The van der Waals surface area contributed by atoms with Gasteiger partial charge in [0, 0.05) is 51.2 Å². The molecule has 4 heterocycles. The minimum Gasteiger partial charge on any atom is -0.368 e. The molecule has 1 aliphatic heterocycles. The van der Waals surface area contributed by atoms with Crippen molar-refractivity contribution in [2.45, 2.75) is 31.7 Å². The summed E-state index contributed by atoms with van der Waals surface area (Å²) in [6, 6.07) is 9.68. The number of anilines is 3. The van der Waals surface area contributed by atoms with Crippen molar-refractivity contribution in [3.05, 3.63) is 54.2 Å². The van der Waals surface area contributed by atoms with Gasteiger partial charge in [-0.1, -0.05) is 18.9 Å². The van der Waals surface area contributed by atoms with E-state index in [1.807, 2.05) is 35.1 Å². The van der Waals surface area contributed by atoms with E-state index in [0.717, 1.165) is 69.3 Å². The van der Waals surface area contributed by atoms with Crippen LogP contribution in [0, 0.1) is 5.82 Å². The van der Waals surface area contributed by atoms with Crippen molar-refractivity contribution in [3.63, 3.8) is 0 Å². The summed E-state index contributed by atoms with van der Waals surface area (Å²) in [4.78, 5) is 29.9. The Kier molecular flexibility index (Phi) is 6.82. The Balaban J connectivity index is 1.31. The van der Waals surface area contributed by atoms with Gasteiger partial charge < -0.3 is 20.4 Å². The second-order valence-corrected chi connectivity index (χ2v) is 10.3. The van der Waals surface area contributed by atoms with E-state index in [9.17, 15) is 4.79 Å². The number of rotatable bonds is 6. The van der Waals surface area contributed by atoms with Gasteiger partial charge in [0.05, 0.1) is 29.6 Å². The van der Waals surface area contributed by atoms with Gasteiger partial charge in [-0.3, -0.25) is 9.48 Å². The van der Waals surface area contributed by atoms with Gasteiger partial charge in [0.1, 0.15) is 11.5 Å². The highest BCUT2D eigenvalue weighted by molar-refractivity contribution is 6.05. The molecular weight excluding hydrogens is 497 g/mol. The first-order chi connectivity index (χ1) is 19.0. The van der Waals surface area contributed by atoms with E-state index in [4.69, 9.17) is 5.10 Å². The number of hydrogen-bond donors (Lipinski definition) is 2. The molecule has 202 valence electrons. The van der Waals surface area contributed by atoms with Crippen LogP contribution in [0.15, 0.2) is 42.7 Å². The maximum atomic E-state index is 15.0. The van der Waals surface area contributed by atoms with E-state index in [-0.39, 0.29) is 23.6 Å².